The number of alkyl halides is 3. The molecule has 0 spiro atoms. The van der Waals surface area contributed by atoms with Gasteiger partial charge in [0.1, 0.15) is 11.6 Å². The molecule has 0 bridgehead atoms. The second-order valence-electron chi connectivity index (χ2n) is 3.39. The van der Waals surface area contributed by atoms with Gasteiger partial charge in [0.05, 0.1) is 0 Å². The summed E-state index contributed by atoms with van der Waals surface area (Å²) in [6.45, 7) is -1.34. The Balaban J connectivity index is 2.21. The summed E-state index contributed by atoms with van der Waals surface area (Å²) >= 11 is 4.98. The fourth-order valence-corrected chi connectivity index (χ4v) is 1.51. The fourth-order valence-electron chi connectivity index (χ4n) is 1.29. The van der Waals surface area contributed by atoms with E-state index in [1.165, 1.54) is 22.9 Å². The van der Waals surface area contributed by atoms with Gasteiger partial charge in [0.25, 0.3) is 0 Å². The molecular formula is C10H8F3N3OS. The molecule has 0 unspecified atom stereocenters. The Hall–Kier alpha value is -1.83. The zero-order valence-electron chi connectivity index (χ0n) is 8.94. The van der Waals surface area contributed by atoms with Gasteiger partial charge >= 0.3 is 6.18 Å². The summed E-state index contributed by atoms with van der Waals surface area (Å²) in [7, 11) is 0. The molecular weight excluding hydrogens is 267 g/mol. The molecule has 18 heavy (non-hydrogen) atoms. The highest BCUT2D eigenvalue weighted by atomic mass is 32.1. The number of ether oxygens (including phenoxy) is 1. The number of hydrogen-bond donors (Lipinski definition) is 1. The van der Waals surface area contributed by atoms with Crippen molar-refractivity contribution in [3.05, 3.63) is 35.5 Å². The van der Waals surface area contributed by atoms with Gasteiger partial charge in [0, 0.05) is 24.7 Å². The van der Waals surface area contributed by atoms with Gasteiger partial charge < -0.3 is 9.72 Å². The second-order valence-corrected chi connectivity index (χ2v) is 3.78. The summed E-state index contributed by atoms with van der Waals surface area (Å²) in [6.07, 6.45) is 0.217. The molecule has 0 radical (unpaired) electrons. The Morgan fingerprint density at radius 1 is 1.44 bits per heavy atom. The number of nitrogens with zero attached hydrogens (tertiary/aromatic N) is 2. The standard InChI is InChI=1S/C10H8F3N3OS/c11-10(12,13)6-17-7-1-2-14-8(5-7)16-4-3-15-9(16)18/h1-5H,6H2,(H,15,18). The van der Waals surface area contributed by atoms with Crippen LogP contribution in [-0.2, 0) is 0 Å². The number of halogens is 3. The summed E-state index contributed by atoms with van der Waals surface area (Å²) in [6, 6.07) is 2.74. The monoisotopic (exact) mass is 275 g/mol. The molecule has 0 aliphatic rings. The summed E-state index contributed by atoms with van der Waals surface area (Å²) in [5.74, 6) is 0.473. The lowest BCUT2D eigenvalue weighted by molar-refractivity contribution is -0.153. The third kappa shape index (κ3) is 3.10. The molecule has 0 atom stereocenters. The largest absolute Gasteiger partial charge is 0.484 e. The average Bonchev–Trinajstić information content (AvgIpc) is 2.72. The Morgan fingerprint density at radius 3 is 2.83 bits per heavy atom. The van der Waals surface area contributed by atoms with E-state index in [9.17, 15) is 13.2 Å². The lowest BCUT2D eigenvalue weighted by Gasteiger charge is -2.09. The minimum Gasteiger partial charge on any atom is -0.484 e. The van der Waals surface area contributed by atoms with Crippen molar-refractivity contribution < 1.29 is 17.9 Å². The molecule has 0 aromatic carbocycles. The van der Waals surface area contributed by atoms with E-state index in [-0.39, 0.29) is 5.75 Å². The van der Waals surface area contributed by atoms with E-state index < -0.39 is 12.8 Å². The number of pyridine rings is 1. The van der Waals surface area contributed by atoms with Crippen LogP contribution in [0.25, 0.3) is 5.82 Å². The average molecular weight is 275 g/mol. The highest BCUT2D eigenvalue weighted by Gasteiger charge is 2.28. The van der Waals surface area contributed by atoms with Crippen LogP contribution < -0.4 is 4.74 Å². The van der Waals surface area contributed by atoms with Gasteiger partial charge in [-0.15, -0.1) is 0 Å². The number of aromatic nitrogens is 3. The maximum Gasteiger partial charge on any atom is 0.422 e. The topological polar surface area (TPSA) is 42.8 Å². The Morgan fingerprint density at radius 2 is 2.22 bits per heavy atom. The van der Waals surface area contributed by atoms with Crippen molar-refractivity contribution in [1.29, 1.82) is 0 Å². The lowest BCUT2D eigenvalue weighted by Crippen LogP contribution is -2.19. The van der Waals surface area contributed by atoms with E-state index in [1.54, 1.807) is 12.4 Å². The van der Waals surface area contributed by atoms with Crippen LogP contribution in [-0.4, -0.2) is 27.3 Å². The van der Waals surface area contributed by atoms with Crippen molar-refractivity contribution in [2.24, 2.45) is 0 Å². The molecule has 4 nitrogen and oxygen atoms in total. The van der Waals surface area contributed by atoms with Crippen molar-refractivity contribution in [3.8, 4) is 11.6 Å². The van der Waals surface area contributed by atoms with Gasteiger partial charge in [-0.3, -0.25) is 4.57 Å². The molecule has 0 fully saturated rings. The first-order valence-corrected chi connectivity index (χ1v) is 5.28. The third-order valence-corrected chi connectivity index (χ3v) is 2.33. The molecule has 8 heteroatoms. The predicted octanol–water partition coefficient (Wildman–Crippen LogP) is 2.87. The first-order chi connectivity index (χ1) is 8.46. The molecule has 0 saturated carbocycles. The van der Waals surface area contributed by atoms with Crippen LogP contribution in [0.1, 0.15) is 0 Å². The van der Waals surface area contributed by atoms with Crippen LogP contribution in [0.3, 0.4) is 0 Å². The summed E-state index contributed by atoms with van der Waals surface area (Å²) in [5.41, 5.74) is 0. The van der Waals surface area contributed by atoms with Gasteiger partial charge in [-0.05, 0) is 18.3 Å². The Bertz CT molecular complexity index is 590. The van der Waals surface area contributed by atoms with E-state index in [4.69, 9.17) is 12.2 Å². The summed E-state index contributed by atoms with van der Waals surface area (Å²) in [4.78, 5) is 6.76. The normalized spacial score (nSPS) is 11.5. The molecule has 0 amide bonds. The minimum atomic E-state index is -4.37. The van der Waals surface area contributed by atoms with Crippen molar-refractivity contribution >= 4 is 12.2 Å². The van der Waals surface area contributed by atoms with E-state index in [1.807, 2.05) is 0 Å². The maximum absolute atomic E-state index is 12.0. The molecule has 1 N–H and O–H groups in total. The first-order valence-electron chi connectivity index (χ1n) is 4.88. The minimum absolute atomic E-state index is 0.0837. The smallest absolute Gasteiger partial charge is 0.422 e. The fraction of sp³-hybridized carbons (Fsp3) is 0.200. The van der Waals surface area contributed by atoms with E-state index in [0.717, 1.165) is 0 Å². The van der Waals surface area contributed by atoms with Gasteiger partial charge in [0.2, 0.25) is 0 Å². The molecule has 2 aromatic heterocycles. The molecule has 0 saturated heterocycles. The SMILES string of the molecule is FC(F)(F)COc1ccnc(-n2cc[nH]c2=S)c1. The number of hydrogen-bond acceptors (Lipinski definition) is 3. The van der Waals surface area contributed by atoms with Crippen molar-refractivity contribution in [1.82, 2.24) is 14.5 Å². The van der Waals surface area contributed by atoms with Crippen LogP contribution in [0.5, 0.6) is 5.75 Å². The number of rotatable bonds is 3. The number of nitrogens with one attached hydrogen (secondary N) is 1. The van der Waals surface area contributed by atoms with Crippen molar-refractivity contribution in [3.63, 3.8) is 0 Å². The molecule has 2 aromatic rings. The van der Waals surface area contributed by atoms with Gasteiger partial charge in [-0.1, -0.05) is 0 Å². The molecule has 0 aliphatic carbocycles. The van der Waals surface area contributed by atoms with Gasteiger partial charge in [-0.2, -0.15) is 13.2 Å². The number of H-pyrrole nitrogens is 1. The molecule has 96 valence electrons. The highest BCUT2D eigenvalue weighted by molar-refractivity contribution is 7.71. The van der Waals surface area contributed by atoms with Crippen LogP contribution in [0.2, 0.25) is 0 Å². The zero-order valence-corrected chi connectivity index (χ0v) is 9.76. The highest BCUT2D eigenvalue weighted by Crippen LogP contribution is 2.19. The van der Waals surface area contributed by atoms with Crippen molar-refractivity contribution in [2.75, 3.05) is 6.61 Å². The summed E-state index contributed by atoms with van der Waals surface area (Å²) in [5, 5.41) is 0. The quantitative estimate of drug-likeness (QED) is 0.876. The second kappa shape index (κ2) is 4.81. The Kier molecular flexibility index (Phi) is 3.37. The van der Waals surface area contributed by atoms with Crippen LogP contribution in [0.4, 0.5) is 13.2 Å². The van der Waals surface area contributed by atoms with Crippen LogP contribution in [0, 0.1) is 4.77 Å². The summed E-state index contributed by atoms with van der Waals surface area (Å²) < 4.78 is 42.6. The number of aromatic amines is 1. The van der Waals surface area contributed by atoms with Crippen molar-refractivity contribution in [2.45, 2.75) is 6.18 Å². The maximum atomic E-state index is 12.0. The predicted molar refractivity (Wildman–Crippen MR) is 60.3 cm³/mol. The van der Waals surface area contributed by atoms with Gasteiger partial charge in [0.15, 0.2) is 11.4 Å². The first kappa shape index (κ1) is 12.6. The van der Waals surface area contributed by atoms with E-state index >= 15 is 0 Å². The molecule has 0 aliphatic heterocycles. The van der Waals surface area contributed by atoms with E-state index in [0.29, 0.717) is 10.6 Å². The van der Waals surface area contributed by atoms with Crippen LogP contribution >= 0.6 is 12.2 Å². The number of imidazole rings is 1. The van der Waals surface area contributed by atoms with Gasteiger partial charge in [-0.25, -0.2) is 4.98 Å². The Labute approximate surface area is 105 Å². The molecule has 2 heterocycles. The lowest BCUT2D eigenvalue weighted by atomic mass is 10.4. The van der Waals surface area contributed by atoms with E-state index in [2.05, 4.69) is 14.7 Å². The molecule has 2 rings (SSSR count). The zero-order chi connectivity index (χ0) is 13.2. The van der Waals surface area contributed by atoms with Crippen LogP contribution in [0.15, 0.2) is 30.7 Å². The third-order valence-electron chi connectivity index (χ3n) is 2.02.